The molecule has 1 heterocycles. The van der Waals surface area contributed by atoms with Crippen molar-refractivity contribution in [3.8, 4) is 0 Å². The number of ether oxygens (including phenoxy) is 1. The molecule has 1 N–H and O–H groups in total. The van der Waals surface area contributed by atoms with Crippen LogP contribution in [0.3, 0.4) is 0 Å². The molecule has 1 aliphatic heterocycles. The minimum Gasteiger partial charge on any atom is -0.443 e. The Labute approximate surface area is 202 Å². The molecule has 5 nitrogen and oxygen atoms in total. The van der Waals surface area contributed by atoms with Crippen molar-refractivity contribution < 1.29 is 22.7 Å². The van der Waals surface area contributed by atoms with Gasteiger partial charge in [-0.15, -0.1) is 0 Å². The maximum atomic E-state index is 13.7. The fraction of sp³-hybridized carbons (Fsp3) is 0.259. The molecule has 182 valence electrons. The first-order chi connectivity index (χ1) is 16.6. The molecule has 0 aliphatic carbocycles. The number of nitrogens with zero attached hydrogens (tertiary/aromatic N) is 2. The van der Waals surface area contributed by atoms with Gasteiger partial charge in [0, 0.05) is 6.54 Å². The molecular formula is C27H26F3N3O2. The molecule has 4 rings (SSSR count). The average molecular weight is 482 g/mol. The molecule has 3 aromatic carbocycles. The molecule has 3 aromatic rings. The van der Waals surface area contributed by atoms with Gasteiger partial charge in [0.1, 0.15) is 29.1 Å². The van der Waals surface area contributed by atoms with Gasteiger partial charge in [-0.1, -0.05) is 36.4 Å². The van der Waals surface area contributed by atoms with Crippen LogP contribution in [0.2, 0.25) is 0 Å². The van der Waals surface area contributed by atoms with Crippen LogP contribution < -0.4 is 5.32 Å². The molecule has 0 saturated carbocycles. The summed E-state index contributed by atoms with van der Waals surface area (Å²) in [5, 5.41) is 3.16. The lowest BCUT2D eigenvalue weighted by Crippen LogP contribution is -2.46. The predicted molar refractivity (Wildman–Crippen MR) is 127 cm³/mol. The minimum atomic E-state index is -0.777. The smallest absolute Gasteiger partial charge is 0.417 e. The Kier molecular flexibility index (Phi) is 6.82. The number of hydrogen-bond acceptors (Lipinski definition) is 4. The SMILES string of the molecule is CC(C)(C)OC(=O)N1C(NCc2ccc(F)cc2)=NC(c2ccc(F)cc2)C1c1ccc(F)cc1. The van der Waals surface area contributed by atoms with E-state index in [0.29, 0.717) is 11.1 Å². The maximum Gasteiger partial charge on any atom is 0.417 e. The summed E-state index contributed by atoms with van der Waals surface area (Å²) in [6.45, 7) is 5.54. The first-order valence-corrected chi connectivity index (χ1v) is 11.2. The zero-order valence-corrected chi connectivity index (χ0v) is 19.6. The summed E-state index contributed by atoms with van der Waals surface area (Å²) >= 11 is 0. The van der Waals surface area contributed by atoms with Crippen molar-refractivity contribution in [2.24, 2.45) is 4.99 Å². The van der Waals surface area contributed by atoms with Gasteiger partial charge in [-0.2, -0.15) is 0 Å². The van der Waals surface area contributed by atoms with E-state index in [2.05, 4.69) is 5.32 Å². The standard InChI is InChI=1S/C27H26F3N3O2/c1-27(2,3)35-26(34)33-24(19-8-14-22(30)15-9-19)23(18-6-12-21(29)13-7-18)32-25(33)31-16-17-4-10-20(28)11-5-17/h4-15,23-24H,16H2,1-3H3,(H,31,32). The number of hydrogen-bond donors (Lipinski definition) is 1. The predicted octanol–water partition coefficient (Wildman–Crippen LogP) is 6.28. The summed E-state index contributed by atoms with van der Waals surface area (Å²) < 4.78 is 46.4. The second kappa shape index (κ2) is 9.82. The third-order valence-corrected chi connectivity index (χ3v) is 5.44. The van der Waals surface area contributed by atoms with Crippen LogP contribution in [0.1, 0.15) is 49.5 Å². The fourth-order valence-corrected chi connectivity index (χ4v) is 3.87. The van der Waals surface area contributed by atoms with Crippen molar-refractivity contribution >= 4 is 12.1 Å². The molecule has 8 heteroatoms. The van der Waals surface area contributed by atoms with E-state index < -0.39 is 35.4 Å². The largest absolute Gasteiger partial charge is 0.443 e. The Bertz CT molecular complexity index is 1200. The highest BCUT2D eigenvalue weighted by Gasteiger charge is 2.43. The Hall–Kier alpha value is -3.81. The highest BCUT2D eigenvalue weighted by molar-refractivity contribution is 5.96. The normalized spacial score (nSPS) is 17.8. The number of carbonyl (C=O) groups is 1. The van der Waals surface area contributed by atoms with Gasteiger partial charge in [0.15, 0.2) is 0 Å². The molecule has 0 fully saturated rings. The van der Waals surface area contributed by atoms with Gasteiger partial charge in [0.05, 0.1) is 6.04 Å². The zero-order chi connectivity index (χ0) is 25.2. The number of nitrogens with one attached hydrogen (secondary N) is 1. The van der Waals surface area contributed by atoms with Gasteiger partial charge >= 0.3 is 6.09 Å². The number of amides is 1. The van der Waals surface area contributed by atoms with Gasteiger partial charge < -0.3 is 10.1 Å². The molecule has 0 aromatic heterocycles. The van der Waals surface area contributed by atoms with E-state index in [4.69, 9.17) is 9.73 Å². The Morgan fingerprint density at radius 1 is 0.857 bits per heavy atom. The lowest BCUT2D eigenvalue weighted by Gasteiger charge is -2.31. The summed E-state index contributed by atoms with van der Waals surface area (Å²) in [4.78, 5) is 19.6. The molecule has 0 spiro atoms. The Morgan fingerprint density at radius 3 is 1.86 bits per heavy atom. The van der Waals surface area contributed by atoms with Crippen LogP contribution in [0.25, 0.3) is 0 Å². The second-order valence-corrected chi connectivity index (χ2v) is 9.28. The van der Waals surface area contributed by atoms with Gasteiger partial charge in [0.25, 0.3) is 0 Å². The molecule has 35 heavy (non-hydrogen) atoms. The fourth-order valence-electron chi connectivity index (χ4n) is 3.87. The average Bonchev–Trinajstić information content (AvgIpc) is 3.18. The molecule has 0 bridgehead atoms. The van der Waals surface area contributed by atoms with Crippen LogP contribution in [0.4, 0.5) is 18.0 Å². The lowest BCUT2D eigenvalue weighted by atomic mass is 9.94. The summed E-state index contributed by atoms with van der Waals surface area (Å²) in [7, 11) is 0. The number of aliphatic imine (C=N–C) groups is 1. The zero-order valence-electron chi connectivity index (χ0n) is 19.6. The van der Waals surface area contributed by atoms with Crippen LogP contribution in [0.5, 0.6) is 0 Å². The van der Waals surface area contributed by atoms with Crippen molar-refractivity contribution in [1.82, 2.24) is 10.2 Å². The second-order valence-electron chi connectivity index (χ2n) is 9.28. The first-order valence-electron chi connectivity index (χ1n) is 11.2. The first kappa shape index (κ1) is 24.3. The van der Waals surface area contributed by atoms with Crippen LogP contribution in [-0.4, -0.2) is 22.6 Å². The maximum absolute atomic E-state index is 13.7. The molecule has 1 amide bonds. The molecular weight excluding hydrogens is 455 g/mol. The summed E-state index contributed by atoms with van der Waals surface area (Å²) in [6.07, 6.45) is -0.637. The van der Waals surface area contributed by atoms with E-state index in [9.17, 15) is 18.0 Å². The minimum absolute atomic E-state index is 0.243. The van der Waals surface area contributed by atoms with Crippen molar-refractivity contribution in [2.75, 3.05) is 0 Å². The highest BCUT2D eigenvalue weighted by atomic mass is 19.1. The van der Waals surface area contributed by atoms with Gasteiger partial charge in [-0.05, 0) is 73.9 Å². The topological polar surface area (TPSA) is 53.9 Å². The summed E-state index contributed by atoms with van der Waals surface area (Å²) in [5.74, 6) is -0.917. The van der Waals surface area contributed by atoms with Crippen LogP contribution >= 0.6 is 0 Å². The van der Waals surface area contributed by atoms with Crippen LogP contribution in [0, 0.1) is 17.5 Å². The number of guanidine groups is 1. The molecule has 1 aliphatic rings. The lowest BCUT2D eigenvalue weighted by molar-refractivity contribution is 0.0310. The Morgan fingerprint density at radius 2 is 1.34 bits per heavy atom. The summed E-state index contributed by atoms with van der Waals surface area (Å²) in [6, 6.07) is 16.4. The quantitative estimate of drug-likeness (QED) is 0.477. The van der Waals surface area contributed by atoms with Crippen molar-refractivity contribution in [3.05, 3.63) is 107 Å². The third kappa shape index (κ3) is 5.82. The Balaban J connectivity index is 1.75. The molecule has 0 saturated heterocycles. The van der Waals surface area contributed by atoms with Gasteiger partial charge in [-0.25, -0.2) is 27.9 Å². The highest BCUT2D eigenvalue weighted by Crippen LogP contribution is 2.42. The van der Waals surface area contributed by atoms with E-state index in [1.54, 1.807) is 57.2 Å². The van der Waals surface area contributed by atoms with E-state index in [-0.39, 0.29) is 18.3 Å². The van der Waals surface area contributed by atoms with E-state index >= 15 is 0 Å². The van der Waals surface area contributed by atoms with Crippen molar-refractivity contribution in [2.45, 2.75) is 45.0 Å². The van der Waals surface area contributed by atoms with E-state index in [1.165, 1.54) is 41.3 Å². The molecule has 2 unspecified atom stereocenters. The van der Waals surface area contributed by atoms with Crippen molar-refractivity contribution in [3.63, 3.8) is 0 Å². The molecule has 0 radical (unpaired) electrons. The van der Waals surface area contributed by atoms with E-state index in [0.717, 1.165) is 5.56 Å². The third-order valence-electron chi connectivity index (χ3n) is 5.44. The number of halogens is 3. The van der Waals surface area contributed by atoms with Gasteiger partial charge in [-0.3, -0.25) is 0 Å². The number of benzene rings is 3. The van der Waals surface area contributed by atoms with Crippen LogP contribution in [0.15, 0.2) is 77.8 Å². The number of rotatable bonds is 4. The molecule has 2 atom stereocenters. The monoisotopic (exact) mass is 481 g/mol. The van der Waals surface area contributed by atoms with Crippen molar-refractivity contribution in [1.29, 1.82) is 0 Å². The summed E-state index contributed by atoms with van der Waals surface area (Å²) in [5.41, 5.74) is 1.31. The van der Waals surface area contributed by atoms with Gasteiger partial charge in [0.2, 0.25) is 5.96 Å². The number of carbonyl (C=O) groups excluding carboxylic acids is 1. The van der Waals surface area contributed by atoms with E-state index in [1.807, 2.05) is 0 Å². The van der Waals surface area contributed by atoms with Crippen LogP contribution in [-0.2, 0) is 11.3 Å².